The molecule has 0 heterocycles. The number of rotatable bonds is 13. The van der Waals surface area contributed by atoms with Crippen molar-refractivity contribution in [3.63, 3.8) is 0 Å². The molecule has 2 N–H and O–H groups in total. The summed E-state index contributed by atoms with van der Waals surface area (Å²) in [6.07, 6.45) is 7.20. The van der Waals surface area contributed by atoms with Crippen LogP contribution in [0.3, 0.4) is 0 Å². The molecule has 4 saturated carbocycles. The number of anilines is 1. The Kier molecular flexibility index (Phi) is 8.28. The van der Waals surface area contributed by atoms with Crippen molar-refractivity contribution in [3.05, 3.63) is 36.4 Å². The van der Waals surface area contributed by atoms with Gasteiger partial charge in [-0.25, -0.2) is 13.1 Å². The van der Waals surface area contributed by atoms with Gasteiger partial charge in [-0.1, -0.05) is 24.3 Å². The van der Waals surface area contributed by atoms with Crippen LogP contribution in [0.1, 0.15) is 38.5 Å². The molecule has 1 amide bonds. The first-order chi connectivity index (χ1) is 18.3. The van der Waals surface area contributed by atoms with Gasteiger partial charge in [0.2, 0.25) is 15.9 Å². The van der Waals surface area contributed by atoms with Crippen LogP contribution in [-0.4, -0.2) is 67.9 Å². The van der Waals surface area contributed by atoms with Crippen LogP contribution in [0.5, 0.6) is 0 Å². The molecule has 9 heteroatoms. The third kappa shape index (κ3) is 5.86. The van der Waals surface area contributed by atoms with Crippen LogP contribution in [0.15, 0.2) is 41.3 Å². The third-order valence-corrected chi connectivity index (χ3v) is 10.1. The number of fused-ring (bicyclic) bond motifs is 1. The fourth-order valence-electron chi connectivity index (χ4n) is 7.35. The molecular formula is C29H41N3O5S. The van der Waals surface area contributed by atoms with E-state index in [-0.39, 0.29) is 29.4 Å². The monoisotopic (exact) mass is 543 g/mol. The second-order valence-corrected chi connectivity index (χ2v) is 13.3. The third-order valence-electron chi connectivity index (χ3n) is 8.59. The summed E-state index contributed by atoms with van der Waals surface area (Å²) in [6.45, 7) is 2.15. The number of benzene rings is 2. The summed E-state index contributed by atoms with van der Waals surface area (Å²) in [5.74, 6) is 2.50. The average Bonchev–Trinajstić information content (AvgIpc) is 2.88. The lowest BCUT2D eigenvalue weighted by molar-refractivity contribution is -0.146. The van der Waals surface area contributed by atoms with Crippen molar-refractivity contribution in [2.75, 3.05) is 58.5 Å². The molecule has 0 unspecified atom stereocenters. The predicted molar refractivity (Wildman–Crippen MR) is 149 cm³/mol. The van der Waals surface area contributed by atoms with Gasteiger partial charge < -0.3 is 19.7 Å². The highest BCUT2D eigenvalue weighted by atomic mass is 32.2. The number of nitrogens with zero attached hydrogens (tertiary/aromatic N) is 1. The van der Waals surface area contributed by atoms with Gasteiger partial charge in [0.05, 0.1) is 31.3 Å². The molecule has 208 valence electrons. The van der Waals surface area contributed by atoms with E-state index in [1.807, 2.05) is 43.3 Å². The van der Waals surface area contributed by atoms with E-state index < -0.39 is 10.0 Å². The van der Waals surface area contributed by atoms with Crippen LogP contribution in [0.4, 0.5) is 5.69 Å². The fourth-order valence-corrected chi connectivity index (χ4v) is 8.58. The molecule has 4 aliphatic rings. The van der Waals surface area contributed by atoms with Gasteiger partial charge in [-0.2, -0.15) is 0 Å². The highest BCUT2D eigenvalue weighted by Crippen LogP contribution is 2.60. The van der Waals surface area contributed by atoms with Crippen LogP contribution in [-0.2, 0) is 24.3 Å². The standard InChI is InChI=1S/C29H41N3O5S/c1-32(2)26-7-3-6-25-24(26)5-4-8-27(25)38(34,35)31-10-12-37-14-13-36-11-9-30-28(33)29-18-21-15-22(19-29)17-23(16-21)20-29/h3-8,21-23,31H,9-20H2,1-2H3,(H,30,33). The Morgan fingerprint density at radius 2 is 1.45 bits per heavy atom. The number of hydrogen-bond donors (Lipinski definition) is 2. The lowest BCUT2D eigenvalue weighted by Crippen LogP contribution is -2.53. The molecule has 0 spiro atoms. The minimum atomic E-state index is -3.68. The van der Waals surface area contributed by atoms with Gasteiger partial charge in [0.15, 0.2) is 0 Å². The molecule has 2 aromatic rings. The fraction of sp³-hybridized carbons (Fsp3) is 0.621. The van der Waals surface area contributed by atoms with Gasteiger partial charge in [0.25, 0.3) is 0 Å². The molecule has 4 fully saturated rings. The Hall–Kier alpha value is -2.20. The maximum absolute atomic E-state index is 13.0. The number of amides is 1. The second kappa shape index (κ2) is 11.5. The molecule has 4 bridgehead atoms. The lowest BCUT2D eigenvalue weighted by atomic mass is 9.49. The van der Waals surface area contributed by atoms with Gasteiger partial charge in [0, 0.05) is 49.1 Å². The Morgan fingerprint density at radius 1 is 0.868 bits per heavy atom. The molecule has 0 aromatic heterocycles. The molecule has 0 atom stereocenters. The Morgan fingerprint density at radius 3 is 2.08 bits per heavy atom. The van der Waals surface area contributed by atoms with Crippen molar-refractivity contribution in [3.8, 4) is 0 Å². The van der Waals surface area contributed by atoms with Gasteiger partial charge in [0.1, 0.15) is 0 Å². The van der Waals surface area contributed by atoms with Crippen LogP contribution in [0.2, 0.25) is 0 Å². The molecule has 0 radical (unpaired) electrons. The van der Waals surface area contributed by atoms with Crippen molar-refractivity contribution in [1.82, 2.24) is 10.0 Å². The van der Waals surface area contributed by atoms with Crippen molar-refractivity contribution in [1.29, 1.82) is 0 Å². The minimum Gasteiger partial charge on any atom is -0.378 e. The maximum atomic E-state index is 13.0. The zero-order valence-electron chi connectivity index (χ0n) is 22.6. The summed E-state index contributed by atoms with van der Waals surface area (Å²) < 4.78 is 39.7. The van der Waals surface area contributed by atoms with E-state index in [4.69, 9.17) is 9.47 Å². The summed E-state index contributed by atoms with van der Waals surface area (Å²) in [4.78, 5) is 15.2. The lowest BCUT2D eigenvalue weighted by Gasteiger charge is -2.55. The number of carbonyl (C=O) groups excluding carboxylic acids is 1. The molecule has 0 saturated heterocycles. The second-order valence-electron chi connectivity index (χ2n) is 11.6. The largest absolute Gasteiger partial charge is 0.378 e. The molecule has 4 aliphatic carbocycles. The number of nitrogens with one attached hydrogen (secondary N) is 2. The van der Waals surface area contributed by atoms with E-state index in [1.54, 1.807) is 12.1 Å². The number of carbonyl (C=O) groups is 1. The first kappa shape index (κ1) is 27.4. The topological polar surface area (TPSA) is 97.0 Å². The summed E-state index contributed by atoms with van der Waals surface area (Å²) >= 11 is 0. The smallest absolute Gasteiger partial charge is 0.241 e. The Balaban J connectivity index is 0.976. The Labute approximate surface area is 226 Å². The first-order valence-electron chi connectivity index (χ1n) is 13.9. The number of ether oxygens (including phenoxy) is 2. The predicted octanol–water partition coefficient (Wildman–Crippen LogP) is 3.55. The van der Waals surface area contributed by atoms with Crippen molar-refractivity contribution in [2.45, 2.75) is 43.4 Å². The highest BCUT2D eigenvalue weighted by molar-refractivity contribution is 7.89. The van der Waals surface area contributed by atoms with Crippen LogP contribution in [0, 0.1) is 23.2 Å². The van der Waals surface area contributed by atoms with Gasteiger partial charge >= 0.3 is 0 Å². The Bertz CT molecular complexity index is 1210. The summed E-state index contributed by atoms with van der Waals surface area (Å²) in [6, 6.07) is 11.0. The van der Waals surface area contributed by atoms with E-state index >= 15 is 0 Å². The quantitative estimate of drug-likeness (QED) is 0.375. The van der Waals surface area contributed by atoms with E-state index in [1.165, 1.54) is 19.3 Å². The van der Waals surface area contributed by atoms with Crippen molar-refractivity contribution < 1.29 is 22.7 Å². The van der Waals surface area contributed by atoms with Crippen LogP contribution in [0.25, 0.3) is 10.8 Å². The summed E-state index contributed by atoms with van der Waals surface area (Å²) in [7, 11) is 0.199. The van der Waals surface area contributed by atoms with E-state index in [0.29, 0.717) is 31.8 Å². The molecule has 38 heavy (non-hydrogen) atoms. The van der Waals surface area contributed by atoms with Crippen LogP contribution < -0.4 is 14.9 Å². The zero-order chi connectivity index (χ0) is 26.8. The highest BCUT2D eigenvalue weighted by Gasteiger charge is 2.54. The normalized spacial score (nSPS) is 26.1. The maximum Gasteiger partial charge on any atom is 0.241 e. The van der Waals surface area contributed by atoms with Gasteiger partial charge in [-0.3, -0.25) is 4.79 Å². The summed E-state index contributed by atoms with van der Waals surface area (Å²) in [5, 5.41) is 4.70. The number of sulfonamides is 1. The molecular weight excluding hydrogens is 502 g/mol. The summed E-state index contributed by atoms with van der Waals surface area (Å²) in [5.41, 5.74) is 0.849. The molecule has 0 aliphatic heterocycles. The van der Waals surface area contributed by atoms with E-state index in [0.717, 1.165) is 48.1 Å². The molecule has 8 nitrogen and oxygen atoms in total. The van der Waals surface area contributed by atoms with Crippen molar-refractivity contribution >= 4 is 32.4 Å². The molecule has 2 aromatic carbocycles. The van der Waals surface area contributed by atoms with E-state index in [9.17, 15) is 13.2 Å². The SMILES string of the molecule is CN(C)c1cccc2c(S(=O)(=O)NCCOCCOCCNC(=O)C34CC5CC(CC(C5)C3)C4)cccc12. The van der Waals surface area contributed by atoms with Gasteiger partial charge in [-0.15, -0.1) is 0 Å². The molecule has 6 rings (SSSR count). The zero-order valence-corrected chi connectivity index (χ0v) is 23.4. The minimum absolute atomic E-state index is 0.119. The first-order valence-corrected chi connectivity index (χ1v) is 15.4. The van der Waals surface area contributed by atoms with E-state index in [2.05, 4.69) is 10.0 Å². The van der Waals surface area contributed by atoms with Crippen molar-refractivity contribution in [2.24, 2.45) is 23.2 Å². The van der Waals surface area contributed by atoms with Gasteiger partial charge in [-0.05, 0) is 68.4 Å². The average molecular weight is 544 g/mol. The number of hydrogen-bond acceptors (Lipinski definition) is 6. The van der Waals surface area contributed by atoms with Crippen LogP contribution >= 0.6 is 0 Å².